The zero-order valence-electron chi connectivity index (χ0n) is 10.1. The van der Waals surface area contributed by atoms with Gasteiger partial charge in [-0.05, 0) is 35.9 Å². The summed E-state index contributed by atoms with van der Waals surface area (Å²) in [5, 5.41) is 2.49. The largest absolute Gasteiger partial charge is 0.361 e. The fourth-order valence-corrected chi connectivity index (χ4v) is 3.00. The van der Waals surface area contributed by atoms with Gasteiger partial charge in [-0.25, -0.2) is 0 Å². The number of aromatic amines is 2. The lowest BCUT2D eigenvalue weighted by atomic mass is 10.0. The zero-order chi connectivity index (χ0) is 12.8. The van der Waals surface area contributed by atoms with E-state index in [0.29, 0.717) is 0 Å². The van der Waals surface area contributed by atoms with Crippen molar-refractivity contribution in [2.75, 3.05) is 0 Å². The quantitative estimate of drug-likeness (QED) is 0.491. The van der Waals surface area contributed by atoms with E-state index >= 15 is 0 Å². The lowest BCUT2D eigenvalue weighted by Gasteiger charge is -2.02. The third-order valence-electron chi connectivity index (χ3n) is 3.53. The van der Waals surface area contributed by atoms with E-state index in [1.54, 1.807) is 0 Å². The molecule has 0 amide bonds. The first kappa shape index (κ1) is 10.9. The van der Waals surface area contributed by atoms with Gasteiger partial charge >= 0.3 is 0 Å². The van der Waals surface area contributed by atoms with Crippen LogP contribution in [0.25, 0.3) is 32.9 Å². The highest BCUT2D eigenvalue weighted by Crippen LogP contribution is 2.34. The van der Waals surface area contributed by atoms with Gasteiger partial charge in [0.25, 0.3) is 0 Å². The van der Waals surface area contributed by atoms with E-state index < -0.39 is 0 Å². The van der Waals surface area contributed by atoms with Gasteiger partial charge in [0.15, 0.2) is 0 Å². The topological polar surface area (TPSA) is 31.6 Å². The predicted octanol–water partition coefficient (Wildman–Crippen LogP) is 5.08. The number of H-pyrrole nitrogens is 2. The Kier molecular flexibility index (Phi) is 2.29. The van der Waals surface area contributed by atoms with Crippen molar-refractivity contribution >= 4 is 37.7 Å². The Morgan fingerprint density at radius 1 is 0.789 bits per heavy atom. The van der Waals surface area contributed by atoms with Gasteiger partial charge in [0.1, 0.15) is 0 Å². The van der Waals surface area contributed by atoms with Crippen molar-refractivity contribution in [1.29, 1.82) is 0 Å². The highest BCUT2D eigenvalue weighted by Gasteiger charge is 2.09. The van der Waals surface area contributed by atoms with Crippen LogP contribution in [0.1, 0.15) is 0 Å². The molecular weight excluding hydrogens is 300 g/mol. The summed E-state index contributed by atoms with van der Waals surface area (Å²) in [5.41, 5.74) is 4.82. The Hall–Kier alpha value is -2.00. The lowest BCUT2D eigenvalue weighted by Crippen LogP contribution is -1.77. The van der Waals surface area contributed by atoms with E-state index in [-0.39, 0.29) is 0 Å². The molecule has 0 atom stereocenters. The van der Waals surface area contributed by atoms with Crippen LogP contribution < -0.4 is 0 Å². The van der Waals surface area contributed by atoms with E-state index in [4.69, 9.17) is 0 Å². The summed E-state index contributed by atoms with van der Waals surface area (Å²) in [6, 6.07) is 14.8. The van der Waals surface area contributed by atoms with Crippen LogP contribution >= 0.6 is 15.9 Å². The van der Waals surface area contributed by atoms with Crippen molar-refractivity contribution in [1.82, 2.24) is 9.97 Å². The number of hydrogen-bond acceptors (Lipinski definition) is 0. The minimum absolute atomic E-state index is 1.10. The van der Waals surface area contributed by atoms with Crippen LogP contribution in [0, 0.1) is 0 Å². The molecule has 0 saturated carbocycles. The fraction of sp³-hybridized carbons (Fsp3) is 0. The van der Waals surface area contributed by atoms with E-state index in [9.17, 15) is 0 Å². The number of nitrogens with one attached hydrogen (secondary N) is 2. The molecule has 0 fully saturated rings. The van der Waals surface area contributed by atoms with Gasteiger partial charge in [0, 0.05) is 44.2 Å². The molecule has 0 radical (unpaired) electrons. The molecule has 0 aliphatic rings. The molecule has 2 heterocycles. The van der Waals surface area contributed by atoms with Crippen molar-refractivity contribution in [3.63, 3.8) is 0 Å². The highest BCUT2D eigenvalue weighted by molar-refractivity contribution is 9.10. The molecule has 19 heavy (non-hydrogen) atoms. The number of fused-ring (bicyclic) bond motifs is 2. The van der Waals surface area contributed by atoms with Crippen molar-refractivity contribution < 1.29 is 0 Å². The average Bonchev–Trinajstić information content (AvgIpc) is 3.03. The Bertz CT molecular complexity index is 886. The Morgan fingerprint density at radius 3 is 2.63 bits per heavy atom. The van der Waals surface area contributed by atoms with Gasteiger partial charge in [-0.1, -0.05) is 28.1 Å². The van der Waals surface area contributed by atoms with Gasteiger partial charge in [-0.15, -0.1) is 0 Å². The normalized spacial score (nSPS) is 11.4. The minimum Gasteiger partial charge on any atom is -0.361 e. The van der Waals surface area contributed by atoms with Gasteiger partial charge in [-0.2, -0.15) is 0 Å². The molecular formula is C16H11BrN2. The summed E-state index contributed by atoms with van der Waals surface area (Å²) >= 11 is 3.55. The van der Waals surface area contributed by atoms with Crippen molar-refractivity contribution in [2.24, 2.45) is 0 Å². The van der Waals surface area contributed by atoms with Crippen molar-refractivity contribution in [3.8, 4) is 11.1 Å². The summed E-state index contributed by atoms with van der Waals surface area (Å²) in [4.78, 5) is 6.60. The average molecular weight is 311 g/mol. The second-order valence-corrected chi connectivity index (χ2v) is 5.55. The van der Waals surface area contributed by atoms with Crippen LogP contribution in [0.15, 0.2) is 59.3 Å². The molecule has 2 aromatic heterocycles. The fourth-order valence-electron chi connectivity index (χ4n) is 2.64. The second-order valence-electron chi connectivity index (χ2n) is 4.64. The summed E-state index contributed by atoms with van der Waals surface area (Å²) in [5.74, 6) is 0. The first-order valence-corrected chi connectivity index (χ1v) is 6.95. The molecule has 92 valence electrons. The minimum atomic E-state index is 1.10. The standard InChI is InChI=1S/C16H11BrN2/c17-10-4-5-16-13(8-10)14(9-19-16)11-2-1-3-15-12(11)6-7-18-15/h1-9,18-19H. The molecule has 2 aromatic carbocycles. The molecule has 0 bridgehead atoms. The Balaban J connectivity index is 2.09. The number of benzene rings is 2. The van der Waals surface area contributed by atoms with Gasteiger partial charge < -0.3 is 9.97 Å². The van der Waals surface area contributed by atoms with Crippen molar-refractivity contribution in [3.05, 3.63) is 59.3 Å². The second kappa shape index (κ2) is 4.00. The van der Waals surface area contributed by atoms with E-state index in [0.717, 1.165) is 9.99 Å². The molecule has 3 heteroatoms. The SMILES string of the molecule is Brc1ccc2[nH]cc(-c3cccc4[nH]ccc34)c2c1. The van der Waals surface area contributed by atoms with Crippen LogP contribution in [-0.2, 0) is 0 Å². The predicted molar refractivity (Wildman–Crippen MR) is 83.3 cm³/mol. The summed E-state index contributed by atoms with van der Waals surface area (Å²) < 4.78 is 1.10. The van der Waals surface area contributed by atoms with Gasteiger partial charge in [0.05, 0.1) is 0 Å². The molecule has 4 aromatic rings. The smallest absolute Gasteiger partial charge is 0.0461 e. The van der Waals surface area contributed by atoms with Gasteiger partial charge in [-0.3, -0.25) is 0 Å². The first-order chi connectivity index (χ1) is 9.33. The van der Waals surface area contributed by atoms with Crippen LogP contribution in [0.4, 0.5) is 0 Å². The molecule has 0 saturated heterocycles. The summed E-state index contributed by atoms with van der Waals surface area (Å²) in [6.07, 6.45) is 4.07. The zero-order valence-corrected chi connectivity index (χ0v) is 11.7. The number of aromatic nitrogens is 2. The summed E-state index contributed by atoms with van der Waals surface area (Å²) in [7, 11) is 0. The van der Waals surface area contributed by atoms with E-state index in [2.05, 4.69) is 74.6 Å². The van der Waals surface area contributed by atoms with E-state index in [1.165, 1.54) is 27.4 Å². The number of rotatable bonds is 1. The van der Waals surface area contributed by atoms with Crippen LogP contribution in [0.3, 0.4) is 0 Å². The first-order valence-electron chi connectivity index (χ1n) is 6.16. The number of hydrogen-bond donors (Lipinski definition) is 2. The molecule has 0 aliphatic heterocycles. The molecule has 0 spiro atoms. The summed E-state index contributed by atoms with van der Waals surface area (Å²) in [6.45, 7) is 0. The van der Waals surface area contributed by atoms with E-state index in [1.807, 2.05) is 6.20 Å². The molecule has 0 unspecified atom stereocenters. The Morgan fingerprint density at radius 2 is 1.68 bits per heavy atom. The number of halogens is 1. The van der Waals surface area contributed by atoms with Crippen LogP contribution in [0.5, 0.6) is 0 Å². The van der Waals surface area contributed by atoms with Crippen LogP contribution in [-0.4, -0.2) is 9.97 Å². The van der Waals surface area contributed by atoms with Crippen LogP contribution in [0.2, 0.25) is 0 Å². The van der Waals surface area contributed by atoms with Crippen molar-refractivity contribution in [2.45, 2.75) is 0 Å². The third-order valence-corrected chi connectivity index (χ3v) is 4.02. The molecule has 2 nitrogen and oxygen atoms in total. The monoisotopic (exact) mass is 310 g/mol. The maximum Gasteiger partial charge on any atom is 0.0461 e. The van der Waals surface area contributed by atoms with Gasteiger partial charge in [0.2, 0.25) is 0 Å². The lowest BCUT2D eigenvalue weighted by molar-refractivity contribution is 1.47. The molecule has 2 N–H and O–H groups in total. The Labute approximate surface area is 118 Å². The highest BCUT2D eigenvalue weighted by atomic mass is 79.9. The maximum absolute atomic E-state index is 3.55. The third kappa shape index (κ3) is 1.62. The maximum atomic E-state index is 3.55. The molecule has 0 aliphatic carbocycles. The molecule has 4 rings (SSSR count).